The summed E-state index contributed by atoms with van der Waals surface area (Å²) >= 11 is 0. The summed E-state index contributed by atoms with van der Waals surface area (Å²) < 4.78 is 5.35. The number of piperidine rings is 1. The van der Waals surface area contributed by atoms with E-state index in [4.69, 9.17) is 4.74 Å². The molecule has 194 valence electrons. The van der Waals surface area contributed by atoms with Crippen LogP contribution in [0.2, 0.25) is 0 Å². The van der Waals surface area contributed by atoms with Gasteiger partial charge in [0.1, 0.15) is 17.5 Å². The number of aliphatic hydroxyl groups excluding tert-OH is 1. The second-order valence-electron chi connectivity index (χ2n) is 9.66. The van der Waals surface area contributed by atoms with Gasteiger partial charge in [0.05, 0.1) is 19.2 Å². The molecule has 0 spiro atoms. The lowest BCUT2D eigenvalue weighted by Crippen LogP contribution is -2.53. The number of carbonyl (C=O) groups excluding carboxylic acids is 3. The van der Waals surface area contributed by atoms with Gasteiger partial charge in [-0.15, -0.1) is 0 Å². The Morgan fingerprint density at radius 2 is 2.08 bits per heavy atom. The Morgan fingerprint density at radius 3 is 2.75 bits per heavy atom. The van der Waals surface area contributed by atoms with Crippen molar-refractivity contribution >= 4 is 28.6 Å². The first-order valence-electron chi connectivity index (χ1n) is 12.4. The fraction of sp³-hybridized carbons (Fsp3) is 0.538. The number of benzene rings is 1. The van der Waals surface area contributed by atoms with Gasteiger partial charge in [0.25, 0.3) is 5.91 Å². The highest BCUT2D eigenvalue weighted by molar-refractivity contribution is 6.01. The molecule has 1 aliphatic heterocycles. The predicted molar refractivity (Wildman–Crippen MR) is 134 cm³/mol. The fourth-order valence-corrected chi connectivity index (χ4v) is 4.54. The molecule has 4 atom stereocenters. The number of H-pyrrole nitrogens is 1. The molecule has 1 aromatic heterocycles. The molecule has 5 N–H and O–H groups in total. The first-order valence-corrected chi connectivity index (χ1v) is 12.4. The van der Waals surface area contributed by atoms with Crippen LogP contribution in [0.25, 0.3) is 10.9 Å². The number of aliphatic hydroxyl groups is 1. The Kier molecular flexibility index (Phi) is 9.31. The maximum absolute atomic E-state index is 13.2. The standard InChI is InChI=1S/C26H35N5O5/c1-15(2)12-20(31-26(35)21-13-17-18(29-21)7-4-8-23(17)36-3)25(34)30-19(22(32)14-27)10-9-16-6-5-11-28-24(16)33/h4,7-8,13,15-16,19-20,22,29,32H,5-6,9-12H2,1-3H3,(H,28,33)(H,30,34)(H,31,35)/t16-,19-,20-,22?/m0/s1. The normalized spacial score (nSPS) is 18.1. The van der Waals surface area contributed by atoms with Crippen molar-refractivity contribution < 1.29 is 24.2 Å². The van der Waals surface area contributed by atoms with Crippen molar-refractivity contribution in [1.82, 2.24) is 20.9 Å². The van der Waals surface area contributed by atoms with E-state index in [0.717, 1.165) is 23.7 Å². The Labute approximate surface area is 210 Å². The van der Waals surface area contributed by atoms with Crippen LogP contribution in [0.5, 0.6) is 5.75 Å². The minimum absolute atomic E-state index is 0.0438. The molecule has 1 aromatic carbocycles. The number of nitriles is 1. The summed E-state index contributed by atoms with van der Waals surface area (Å²) in [7, 11) is 1.55. The molecule has 0 bridgehead atoms. The zero-order valence-corrected chi connectivity index (χ0v) is 21.0. The van der Waals surface area contributed by atoms with Gasteiger partial charge in [-0.1, -0.05) is 19.9 Å². The highest BCUT2D eigenvalue weighted by atomic mass is 16.5. The van der Waals surface area contributed by atoms with E-state index in [1.165, 1.54) is 0 Å². The van der Waals surface area contributed by atoms with E-state index >= 15 is 0 Å². The highest BCUT2D eigenvalue weighted by Gasteiger charge is 2.30. The van der Waals surface area contributed by atoms with E-state index in [2.05, 4.69) is 20.9 Å². The van der Waals surface area contributed by atoms with Crippen LogP contribution in [0.4, 0.5) is 0 Å². The minimum atomic E-state index is -1.43. The molecule has 3 amide bonds. The molecule has 0 radical (unpaired) electrons. The molecule has 1 saturated heterocycles. The number of nitrogens with zero attached hydrogens (tertiary/aromatic N) is 1. The Morgan fingerprint density at radius 1 is 1.31 bits per heavy atom. The quantitative estimate of drug-likeness (QED) is 0.299. The van der Waals surface area contributed by atoms with Gasteiger partial charge in [-0.2, -0.15) is 5.26 Å². The van der Waals surface area contributed by atoms with Crippen molar-refractivity contribution in [3.8, 4) is 11.8 Å². The summed E-state index contributed by atoms with van der Waals surface area (Å²) in [5.41, 5.74) is 1.02. The van der Waals surface area contributed by atoms with E-state index in [0.29, 0.717) is 25.1 Å². The van der Waals surface area contributed by atoms with Gasteiger partial charge in [-0.3, -0.25) is 14.4 Å². The Hall–Kier alpha value is -3.58. The molecule has 10 heteroatoms. The molecule has 0 saturated carbocycles. The summed E-state index contributed by atoms with van der Waals surface area (Å²) in [6.07, 6.45) is 1.24. The summed E-state index contributed by atoms with van der Waals surface area (Å²) in [6.45, 7) is 4.52. The van der Waals surface area contributed by atoms with Crippen LogP contribution in [0.1, 0.15) is 56.4 Å². The Bertz CT molecular complexity index is 1120. The van der Waals surface area contributed by atoms with Gasteiger partial charge in [-0.05, 0) is 56.2 Å². The number of fused-ring (bicyclic) bond motifs is 1. The average molecular weight is 498 g/mol. The van der Waals surface area contributed by atoms with Crippen molar-refractivity contribution in [2.75, 3.05) is 13.7 Å². The van der Waals surface area contributed by atoms with Crippen LogP contribution in [-0.4, -0.2) is 59.7 Å². The van der Waals surface area contributed by atoms with E-state index in [1.54, 1.807) is 25.3 Å². The summed E-state index contributed by atoms with van der Waals surface area (Å²) in [5.74, 6) is -0.483. The molecule has 2 aromatic rings. The number of rotatable bonds is 11. The second-order valence-corrected chi connectivity index (χ2v) is 9.66. The molecule has 0 aliphatic carbocycles. The van der Waals surface area contributed by atoms with Crippen molar-refractivity contribution in [3.63, 3.8) is 0 Å². The number of carbonyl (C=O) groups is 3. The molecule has 3 rings (SSSR count). The molecule has 1 fully saturated rings. The minimum Gasteiger partial charge on any atom is -0.496 e. The largest absolute Gasteiger partial charge is 0.496 e. The lowest BCUT2D eigenvalue weighted by molar-refractivity contribution is -0.126. The third-order valence-electron chi connectivity index (χ3n) is 6.48. The number of hydrogen-bond donors (Lipinski definition) is 5. The van der Waals surface area contributed by atoms with Crippen molar-refractivity contribution in [2.24, 2.45) is 11.8 Å². The monoisotopic (exact) mass is 497 g/mol. The number of methoxy groups -OCH3 is 1. The molecule has 36 heavy (non-hydrogen) atoms. The van der Waals surface area contributed by atoms with Crippen LogP contribution in [-0.2, 0) is 9.59 Å². The van der Waals surface area contributed by atoms with Gasteiger partial charge in [0.2, 0.25) is 11.8 Å². The second kappa shape index (κ2) is 12.4. The SMILES string of the molecule is COc1cccc2[nH]c(C(=O)N[C@@H](CC(C)C)C(=O)N[C@@H](CC[C@@H]3CCCNC3=O)C(O)C#N)cc12. The smallest absolute Gasteiger partial charge is 0.268 e. The van der Waals surface area contributed by atoms with Gasteiger partial charge < -0.3 is 30.8 Å². The molecular weight excluding hydrogens is 462 g/mol. The maximum atomic E-state index is 13.2. The first kappa shape index (κ1) is 27.0. The number of nitrogens with one attached hydrogen (secondary N) is 4. The van der Waals surface area contributed by atoms with Crippen LogP contribution in [0, 0.1) is 23.2 Å². The fourth-order valence-electron chi connectivity index (χ4n) is 4.54. The van der Waals surface area contributed by atoms with Crippen molar-refractivity contribution in [3.05, 3.63) is 30.0 Å². The van der Waals surface area contributed by atoms with Gasteiger partial charge in [-0.25, -0.2) is 0 Å². The Balaban J connectivity index is 1.71. The van der Waals surface area contributed by atoms with E-state index in [-0.39, 0.29) is 29.9 Å². The van der Waals surface area contributed by atoms with E-state index < -0.39 is 30.0 Å². The van der Waals surface area contributed by atoms with Gasteiger partial charge in [0, 0.05) is 23.4 Å². The third-order valence-corrected chi connectivity index (χ3v) is 6.48. The topological polar surface area (TPSA) is 156 Å². The molecule has 10 nitrogen and oxygen atoms in total. The summed E-state index contributed by atoms with van der Waals surface area (Å²) in [6, 6.07) is 7.15. The van der Waals surface area contributed by atoms with Crippen LogP contribution >= 0.6 is 0 Å². The molecule has 2 heterocycles. The van der Waals surface area contributed by atoms with Crippen LogP contribution in [0.15, 0.2) is 24.3 Å². The summed E-state index contributed by atoms with van der Waals surface area (Å²) in [4.78, 5) is 41.4. The molecule has 1 aliphatic rings. The third kappa shape index (κ3) is 6.76. The van der Waals surface area contributed by atoms with Crippen LogP contribution < -0.4 is 20.7 Å². The van der Waals surface area contributed by atoms with Crippen LogP contribution in [0.3, 0.4) is 0 Å². The lowest BCUT2D eigenvalue weighted by Gasteiger charge is -2.27. The van der Waals surface area contributed by atoms with Gasteiger partial charge in [0.15, 0.2) is 6.10 Å². The molecular formula is C26H35N5O5. The van der Waals surface area contributed by atoms with E-state index in [9.17, 15) is 24.8 Å². The average Bonchev–Trinajstić information content (AvgIpc) is 3.31. The summed E-state index contributed by atoms with van der Waals surface area (Å²) in [5, 5.41) is 28.6. The van der Waals surface area contributed by atoms with Gasteiger partial charge >= 0.3 is 0 Å². The first-order chi connectivity index (χ1) is 17.2. The zero-order chi connectivity index (χ0) is 26.2. The lowest BCUT2D eigenvalue weighted by atomic mass is 9.90. The number of amides is 3. The van der Waals surface area contributed by atoms with Crippen molar-refractivity contribution in [1.29, 1.82) is 5.26 Å². The predicted octanol–water partition coefficient (Wildman–Crippen LogP) is 2.00. The number of hydrogen-bond acceptors (Lipinski definition) is 6. The van der Waals surface area contributed by atoms with Crippen molar-refractivity contribution in [2.45, 2.75) is 64.1 Å². The number of aromatic amines is 1. The zero-order valence-electron chi connectivity index (χ0n) is 21.0. The number of ether oxygens (including phenoxy) is 1. The molecule has 1 unspecified atom stereocenters. The maximum Gasteiger partial charge on any atom is 0.268 e. The number of aromatic nitrogens is 1. The highest BCUT2D eigenvalue weighted by Crippen LogP contribution is 2.26. The van der Waals surface area contributed by atoms with E-state index in [1.807, 2.05) is 26.0 Å².